The van der Waals surface area contributed by atoms with Crippen LogP contribution in [0.15, 0.2) is 22.8 Å². The van der Waals surface area contributed by atoms with E-state index >= 15 is 0 Å². The molecule has 1 aliphatic rings. The number of hydrogen-bond donors (Lipinski definition) is 1. The van der Waals surface area contributed by atoms with Crippen molar-refractivity contribution in [1.29, 1.82) is 0 Å². The van der Waals surface area contributed by atoms with Gasteiger partial charge in [0, 0.05) is 13.0 Å². The van der Waals surface area contributed by atoms with Gasteiger partial charge in [0.05, 0.1) is 12.8 Å². The SMILES string of the molecule is CN(Cc1ccco1)C(=O)COC(=O)CNC(=O)C1CCCCC1. The fraction of sp³-hybridized carbons (Fsp3) is 0.588. The predicted octanol–water partition coefficient (Wildman–Crippen LogP) is 1.48. The molecule has 7 heteroatoms. The first kappa shape index (κ1) is 18.0. The standard InChI is InChI=1S/C17H24N2O5/c1-19(11-14-8-5-9-23-14)15(20)12-24-16(21)10-18-17(22)13-6-3-2-4-7-13/h5,8-9,13H,2-4,6-7,10-12H2,1H3,(H,18,22). The summed E-state index contributed by atoms with van der Waals surface area (Å²) in [7, 11) is 1.60. The number of nitrogens with one attached hydrogen (secondary N) is 1. The minimum Gasteiger partial charge on any atom is -0.467 e. The Morgan fingerprint density at radius 1 is 1.29 bits per heavy atom. The molecule has 24 heavy (non-hydrogen) atoms. The minimum absolute atomic E-state index is 0.00684. The summed E-state index contributed by atoms with van der Waals surface area (Å²) in [4.78, 5) is 36.9. The Morgan fingerprint density at radius 2 is 2.04 bits per heavy atom. The highest BCUT2D eigenvalue weighted by molar-refractivity contribution is 5.85. The Labute approximate surface area is 141 Å². The molecule has 1 aromatic rings. The van der Waals surface area contributed by atoms with Crippen LogP contribution in [0.2, 0.25) is 0 Å². The lowest BCUT2D eigenvalue weighted by Crippen LogP contribution is -2.37. The van der Waals surface area contributed by atoms with Crippen LogP contribution < -0.4 is 5.32 Å². The van der Waals surface area contributed by atoms with Crippen LogP contribution in [0, 0.1) is 5.92 Å². The number of esters is 1. The third-order valence-electron chi connectivity index (χ3n) is 4.14. The molecule has 1 aliphatic carbocycles. The molecule has 2 amide bonds. The van der Waals surface area contributed by atoms with Gasteiger partial charge < -0.3 is 19.4 Å². The van der Waals surface area contributed by atoms with Crippen molar-refractivity contribution >= 4 is 17.8 Å². The summed E-state index contributed by atoms with van der Waals surface area (Å²) in [6, 6.07) is 3.50. The summed E-state index contributed by atoms with van der Waals surface area (Å²) in [5, 5.41) is 2.59. The molecule has 1 saturated carbocycles. The molecule has 0 bridgehead atoms. The maximum absolute atomic E-state index is 11.9. The highest BCUT2D eigenvalue weighted by atomic mass is 16.5. The van der Waals surface area contributed by atoms with Gasteiger partial charge in [-0.2, -0.15) is 0 Å². The average molecular weight is 336 g/mol. The van der Waals surface area contributed by atoms with Crippen LogP contribution in [-0.4, -0.2) is 42.9 Å². The Bertz CT molecular complexity index is 549. The molecule has 0 aliphatic heterocycles. The number of amides is 2. The van der Waals surface area contributed by atoms with Crippen molar-refractivity contribution in [2.24, 2.45) is 5.92 Å². The Morgan fingerprint density at radius 3 is 2.71 bits per heavy atom. The monoisotopic (exact) mass is 336 g/mol. The lowest BCUT2D eigenvalue weighted by molar-refractivity contribution is -0.151. The molecule has 0 spiro atoms. The molecule has 0 aromatic carbocycles. The zero-order valence-corrected chi connectivity index (χ0v) is 14.0. The van der Waals surface area contributed by atoms with Crippen molar-refractivity contribution in [1.82, 2.24) is 10.2 Å². The number of nitrogens with zero attached hydrogens (tertiary/aromatic N) is 1. The Kier molecular flexibility index (Phi) is 6.84. The van der Waals surface area contributed by atoms with Crippen molar-refractivity contribution < 1.29 is 23.5 Å². The van der Waals surface area contributed by atoms with E-state index in [0.717, 1.165) is 25.7 Å². The predicted molar refractivity (Wildman–Crippen MR) is 85.7 cm³/mol. The maximum atomic E-state index is 11.9. The van der Waals surface area contributed by atoms with Gasteiger partial charge in [-0.3, -0.25) is 14.4 Å². The third kappa shape index (κ3) is 5.72. The maximum Gasteiger partial charge on any atom is 0.325 e. The number of furan rings is 1. The van der Waals surface area contributed by atoms with Gasteiger partial charge in [0.2, 0.25) is 5.91 Å². The van der Waals surface area contributed by atoms with Gasteiger partial charge in [-0.05, 0) is 25.0 Å². The number of rotatable bonds is 7. The molecule has 1 aromatic heterocycles. The van der Waals surface area contributed by atoms with E-state index in [0.29, 0.717) is 12.3 Å². The Balaban J connectivity index is 1.63. The average Bonchev–Trinajstić information content (AvgIpc) is 3.11. The van der Waals surface area contributed by atoms with Gasteiger partial charge in [0.25, 0.3) is 5.91 Å². The normalized spacial score (nSPS) is 14.9. The van der Waals surface area contributed by atoms with Gasteiger partial charge in [0.15, 0.2) is 6.61 Å². The fourth-order valence-electron chi connectivity index (χ4n) is 2.70. The van der Waals surface area contributed by atoms with E-state index in [-0.39, 0.29) is 30.9 Å². The van der Waals surface area contributed by atoms with Crippen LogP contribution in [0.3, 0.4) is 0 Å². The molecular weight excluding hydrogens is 312 g/mol. The Hall–Kier alpha value is -2.31. The minimum atomic E-state index is -0.612. The first-order valence-electron chi connectivity index (χ1n) is 8.26. The van der Waals surface area contributed by atoms with E-state index in [4.69, 9.17) is 9.15 Å². The van der Waals surface area contributed by atoms with Crippen LogP contribution in [-0.2, 0) is 25.7 Å². The molecule has 0 radical (unpaired) electrons. The summed E-state index contributed by atoms with van der Waals surface area (Å²) >= 11 is 0. The van der Waals surface area contributed by atoms with Gasteiger partial charge in [-0.25, -0.2) is 0 Å². The first-order chi connectivity index (χ1) is 11.6. The van der Waals surface area contributed by atoms with Crippen molar-refractivity contribution in [3.63, 3.8) is 0 Å². The van der Waals surface area contributed by atoms with Gasteiger partial charge >= 0.3 is 5.97 Å². The van der Waals surface area contributed by atoms with E-state index in [1.54, 1.807) is 19.2 Å². The molecular formula is C17H24N2O5. The fourth-order valence-corrected chi connectivity index (χ4v) is 2.70. The highest BCUT2D eigenvalue weighted by Crippen LogP contribution is 2.23. The zero-order valence-electron chi connectivity index (χ0n) is 14.0. The van der Waals surface area contributed by atoms with Crippen LogP contribution in [0.4, 0.5) is 0 Å². The number of ether oxygens (including phenoxy) is 1. The molecule has 132 valence electrons. The number of likely N-dealkylation sites (N-methyl/N-ethyl adjacent to an activating group) is 1. The molecule has 2 rings (SSSR count). The molecule has 0 atom stereocenters. The molecule has 0 saturated heterocycles. The largest absolute Gasteiger partial charge is 0.467 e. The molecule has 1 heterocycles. The molecule has 0 unspecified atom stereocenters. The van der Waals surface area contributed by atoms with Crippen LogP contribution in [0.25, 0.3) is 0 Å². The number of carbonyl (C=O) groups excluding carboxylic acids is 3. The first-order valence-corrected chi connectivity index (χ1v) is 8.26. The van der Waals surface area contributed by atoms with E-state index in [1.807, 2.05) is 0 Å². The molecule has 1 N–H and O–H groups in total. The lowest BCUT2D eigenvalue weighted by Gasteiger charge is -2.20. The van der Waals surface area contributed by atoms with E-state index < -0.39 is 5.97 Å². The van der Waals surface area contributed by atoms with Crippen LogP contribution in [0.1, 0.15) is 37.9 Å². The second kappa shape index (κ2) is 9.10. The van der Waals surface area contributed by atoms with Gasteiger partial charge in [-0.1, -0.05) is 19.3 Å². The van der Waals surface area contributed by atoms with E-state index in [1.165, 1.54) is 17.6 Å². The molecule has 1 fully saturated rings. The van der Waals surface area contributed by atoms with Crippen LogP contribution >= 0.6 is 0 Å². The lowest BCUT2D eigenvalue weighted by atomic mass is 9.89. The summed E-state index contributed by atoms with van der Waals surface area (Å²) in [5.74, 6) is -0.408. The van der Waals surface area contributed by atoms with Crippen molar-refractivity contribution in [3.8, 4) is 0 Å². The number of hydrogen-bond acceptors (Lipinski definition) is 5. The smallest absolute Gasteiger partial charge is 0.325 e. The summed E-state index contributed by atoms with van der Waals surface area (Å²) in [6.07, 6.45) is 6.55. The van der Waals surface area contributed by atoms with Crippen molar-refractivity contribution in [3.05, 3.63) is 24.2 Å². The topological polar surface area (TPSA) is 88.8 Å². The zero-order chi connectivity index (χ0) is 17.4. The van der Waals surface area contributed by atoms with Gasteiger partial charge in [0.1, 0.15) is 12.3 Å². The van der Waals surface area contributed by atoms with Crippen molar-refractivity contribution in [2.45, 2.75) is 38.6 Å². The van der Waals surface area contributed by atoms with Gasteiger partial charge in [-0.15, -0.1) is 0 Å². The van der Waals surface area contributed by atoms with Crippen LogP contribution in [0.5, 0.6) is 0 Å². The summed E-state index contributed by atoms with van der Waals surface area (Å²) in [6.45, 7) is -0.248. The number of carbonyl (C=O) groups is 3. The quantitative estimate of drug-likeness (QED) is 0.762. The van der Waals surface area contributed by atoms with Crippen molar-refractivity contribution in [2.75, 3.05) is 20.2 Å². The van der Waals surface area contributed by atoms with E-state index in [2.05, 4.69) is 5.32 Å². The summed E-state index contributed by atoms with van der Waals surface area (Å²) in [5.41, 5.74) is 0. The highest BCUT2D eigenvalue weighted by Gasteiger charge is 2.21. The summed E-state index contributed by atoms with van der Waals surface area (Å²) < 4.78 is 10.1. The molecule has 7 nitrogen and oxygen atoms in total. The van der Waals surface area contributed by atoms with E-state index in [9.17, 15) is 14.4 Å². The third-order valence-corrected chi connectivity index (χ3v) is 4.14. The second-order valence-electron chi connectivity index (χ2n) is 6.04. The second-order valence-corrected chi connectivity index (χ2v) is 6.04.